The van der Waals surface area contributed by atoms with Crippen LogP contribution in [-0.4, -0.2) is 89.6 Å². The van der Waals surface area contributed by atoms with Gasteiger partial charge >= 0.3 is 12.1 Å². The number of carboxylic acids is 1. The lowest BCUT2D eigenvalue weighted by Crippen LogP contribution is -2.44. The minimum atomic E-state index is -5.08. The van der Waals surface area contributed by atoms with Gasteiger partial charge in [-0.2, -0.15) is 13.2 Å². The minimum absolute atomic E-state index is 0.152. The molecule has 3 saturated heterocycles. The van der Waals surface area contributed by atoms with E-state index in [1.165, 1.54) is 6.42 Å². The van der Waals surface area contributed by atoms with Crippen molar-refractivity contribution in [1.29, 1.82) is 0 Å². The second-order valence-electron chi connectivity index (χ2n) is 9.07. The molecule has 2 atom stereocenters. The van der Waals surface area contributed by atoms with Crippen LogP contribution in [0.2, 0.25) is 0 Å². The maximum absolute atomic E-state index is 12.6. The Labute approximate surface area is 191 Å². The zero-order chi connectivity index (χ0) is 24.1. The molecular formula is C23H31F3N2O5. The van der Waals surface area contributed by atoms with E-state index >= 15 is 0 Å². The summed E-state index contributed by atoms with van der Waals surface area (Å²) in [4.78, 5) is 25.9. The number of nitrogens with zero attached hydrogens (tertiary/aromatic N) is 2. The third-order valence-corrected chi connectivity index (χ3v) is 6.81. The van der Waals surface area contributed by atoms with Crippen LogP contribution in [0.1, 0.15) is 42.5 Å². The van der Waals surface area contributed by atoms with E-state index in [0.717, 1.165) is 64.0 Å². The normalized spacial score (nSPS) is 25.0. The molecule has 0 bridgehead atoms. The predicted octanol–water partition coefficient (Wildman–Crippen LogP) is 2.79. The Balaban J connectivity index is 0.000000383. The lowest BCUT2D eigenvalue weighted by atomic mass is 9.76. The van der Waals surface area contributed by atoms with Crippen LogP contribution < -0.4 is 0 Å². The van der Waals surface area contributed by atoms with Gasteiger partial charge in [0.05, 0.1) is 19.3 Å². The van der Waals surface area contributed by atoms with Crippen molar-refractivity contribution < 1.29 is 37.7 Å². The van der Waals surface area contributed by atoms with Crippen LogP contribution >= 0.6 is 0 Å². The fourth-order valence-electron chi connectivity index (χ4n) is 4.91. The van der Waals surface area contributed by atoms with E-state index in [9.17, 15) is 23.1 Å². The number of alkyl halides is 3. The molecule has 1 unspecified atom stereocenters. The number of carbonyl (C=O) groups excluding carboxylic acids is 1. The summed E-state index contributed by atoms with van der Waals surface area (Å²) in [5.41, 5.74) is 1.03. The van der Waals surface area contributed by atoms with Gasteiger partial charge in [-0.05, 0) is 56.2 Å². The molecule has 0 saturated carbocycles. The number of ether oxygens (including phenoxy) is 1. The fourth-order valence-corrected chi connectivity index (χ4v) is 4.91. The van der Waals surface area contributed by atoms with Gasteiger partial charge in [-0.1, -0.05) is 18.2 Å². The average molecular weight is 473 g/mol. The number of piperidine rings is 1. The number of aliphatic carboxylic acids is 1. The third-order valence-electron chi connectivity index (χ3n) is 6.81. The number of likely N-dealkylation sites (tertiary alicyclic amines) is 2. The van der Waals surface area contributed by atoms with Gasteiger partial charge in [0.25, 0.3) is 5.91 Å². The zero-order valence-corrected chi connectivity index (χ0v) is 18.5. The number of hydrogen-bond acceptors (Lipinski definition) is 5. The Bertz CT molecular complexity index is 797. The second kappa shape index (κ2) is 10.8. The van der Waals surface area contributed by atoms with Crippen molar-refractivity contribution in [3.8, 4) is 0 Å². The number of aliphatic hydroxyl groups excluding tert-OH is 1. The molecule has 3 aliphatic heterocycles. The van der Waals surface area contributed by atoms with Crippen LogP contribution in [-0.2, 0) is 9.53 Å². The maximum atomic E-state index is 12.6. The van der Waals surface area contributed by atoms with Crippen molar-refractivity contribution in [2.75, 3.05) is 39.4 Å². The van der Waals surface area contributed by atoms with E-state index in [4.69, 9.17) is 14.6 Å². The SMILES string of the molecule is O=C(O)C(F)(F)F.O=C(c1ccccc1)N1CCC2(CC1)COC(CN1CCC[C@H]1CO)C2. The number of aliphatic hydroxyl groups is 1. The number of rotatable bonds is 4. The Kier molecular flexibility index (Phi) is 8.36. The number of hydrogen-bond donors (Lipinski definition) is 2. The fraction of sp³-hybridized carbons (Fsp3) is 0.652. The van der Waals surface area contributed by atoms with Crippen LogP contribution in [0.4, 0.5) is 13.2 Å². The van der Waals surface area contributed by atoms with Crippen molar-refractivity contribution in [3.05, 3.63) is 35.9 Å². The topological polar surface area (TPSA) is 90.3 Å². The molecule has 2 N–H and O–H groups in total. The first-order valence-corrected chi connectivity index (χ1v) is 11.2. The molecule has 0 aliphatic carbocycles. The van der Waals surface area contributed by atoms with Crippen molar-refractivity contribution in [2.45, 2.75) is 50.4 Å². The molecule has 1 spiro atoms. The van der Waals surface area contributed by atoms with Gasteiger partial charge < -0.3 is 19.8 Å². The van der Waals surface area contributed by atoms with Gasteiger partial charge in [-0.3, -0.25) is 9.69 Å². The van der Waals surface area contributed by atoms with Crippen molar-refractivity contribution in [2.24, 2.45) is 5.41 Å². The van der Waals surface area contributed by atoms with Crippen molar-refractivity contribution in [3.63, 3.8) is 0 Å². The summed E-state index contributed by atoms with van der Waals surface area (Å²) >= 11 is 0. The third kappa shape index (κ3) is 6.68. The van der Waals surface area contributed by atoms with Crippen LogP contribution in [0.3, 0.4) is 0 Å². The quantitative estimate of drug-likeness (QED) is 0.701. The van der Waals surface area contributed by atoms with Crippen LogP contribution in [0.5, 0.6) is 0 Å². The molecule has 3 aliphatic rings. The molecular weight excluding hydrogens is 441 g/mol. The van der Waals surface area contributed by atoms with E-state index in [0.29, 0.717) is 6.04 Å². The maximum Gasteiger partial charge on any atom is 0.490 e. The molecule has 3 heterocycles. The molecule has 1 aromatic carbocycles. The molecule has 10 heteroatoms. The highest BCUT2D eigenvalue weighted by atomic mass is 19.4. The highest BCUT2D eigenvalue weighted by molar-refractivity contribution is 5.94. The summed E-state index contributed by atoms with van der Waals surface area (Å²) in [5.74, 6) is -2.61. The summed E-state index contributed by atoms with van der Waals surface area (Å²) in [6.45, 7) is 4.76. The minimum Gasteiger partial charge on any atom is -0.475 e. The van der Waals surface area contributed by atoms with E-state index in [2.05, 4.69) is 4.90 Å². The Morgan fingerprint density at radius 2 is 1.76 bits per heavy atom. The molecule has 4 rings (SSSR count). The van der Waals surface area contributed by atoms with Crippen molar-refractivity contribution in [1.82, 2.24) is 9.80 Å². The van der Waals surface area contributed by atoms with Gasteiger partial charge in [0.2, 0.25) is 0 Å². The van der Waals surface area contributed by atoms with E-state index in [1.54, 1.807) is 0 Å². The zero-order valence-electron chi connectivity index (χ0n) is 18.5. The van der Waals surface area contributed by atoms with E-state index in [-0.39, 0.29) is 24.0 Å². The summed E-state index contributed by atoms with van der Waals surface area (Å²) in [6.07, 6.45) is 0.634. The molecule has 1 aromatic rings. The second-order valence-corrected chi connectivity index (χ2v) is 9.07. The first-order valence-electron chi connectivity index (χ1n) is 11.2. The average Bonchev–Trinajstić information content (AvgIpc) is 3.41. The lowest BCUT2D eigenvalue weighted by molar-refractivity contribution is -0.192. The van der Waals surface area contributed by atoms with Gasteiger partial charge in [-0.25, -0.2) is 4.79 Å². The van der Waals surface area contributed by atoms with Crippen LogP contribution in [0, 0.1) is 5.41 Å². The van der Waals surface area contributed by atoms with Gasteiger partial charge in [0.15, 0.2) is 0 Å². The number of halogens is 3. The Morgan fingerprint density at radius 1 is 1.12 bits per heavy atom. The molecule has 0 aromatic heterocycles. The molecule has 7 nitrogen and oxygen atoms in total. The smallest absolute Gasteiger partial charge is 0.475 e. The van der Waals surface area contributed by atoms with Gasteiger partial charge in [0, 0.05) is 31.2 Å². The largest absolute Gasteiger partial charge is 0.490 e. The first-order chi connectivity index (χ1) is 15.6. The molecule has 1 amide bonds. The number of benzene rings is 1. The molecule has 0 radical (unpaired) electrons. The standard InChI is InChI=1S/C21H30N2O3.C2HF3O2/c24-15-18-7-4-10-23(18)14-19-13-21(16-26-19)8-11-22(12-9-21)20(25)17-5-2-1-3-6-17;3-2(4,5)1(6)7/h1-3,5-6,18-19,24H,4,7-16H2;(H,6,7)/t18-,19?;/m0./s1. The molecule has 3 fully saturated rings. The first kappa shape index (κ1) is 25.5. The number of carboxylic acid groups (broad SMARTS) is 1. The van der Waals surface area contributed by atoms with E-state index in [1.807, 2.05) is 35.2 Å². The highest BCUT2D eigenvalue weighted by Crippen LogP contribution is 2.42. The summed E-state index contributed by atoms with van der Waals surface area (Å²) in [6, 6.07) is 9.91. The predicted molar refractivity (Wildman–Crippen MR) is 114 cm³/mol. The number of amides is 1. The summed E-state index contributed by atoms with van der Waals surface area (Å²) in [5, 5.41) is 16.6. The van der Waals surface area contributed by atoms with Crippen LogP contribution in [0.15, 0.2) is 30.3 Å². The Hall–Kier alpha value is -2.17. The molecule has 33 heavy (non-hydrogen) atoms. The lowest BCUT2D eigenvalue weighted by Gasteiger charge is -2.38. The van der Waals surface area contributed by atoms with Crippen molar-refractivity contribution >= 4 is 11.9 Å². The van der Waals surface area contributed by atoms with E-state index < -0.39 is 12.1 Å². The molecule has 184 valence electrons. The summed E-state index contributed by atoms with van der Waals surface area (Å²) in [7, 11) is 0. The van der Waals surface area contributed by atoms with Gasteiger partial charge in [-0.15, -0.1) is 0 Å². The summed E-state index contributed by atoms with van der Waals surface area (Å²) < 4.78 is 37.9. The number of carbonyl (C=O) groups is 2. The highest BCUT2D eigenvalue weighted by Gasteiger charge is 2.44. The van der Waals surface area contributed by atoms with Crippen LogP contribution in [0.25, 0.3) is 0 Å². The monoisotopic (exact) mass is 472 g/mol. The Morgan fingerprint density at radius 3 is 2.33 bits per heavy atom. The van der Waals surface area contributed by atoms with Gasteiger partial charge in [0.1, 0.15) is 0 Å².